The molecule has 0 aliphatic heterocycles. The van der Waals surface area contributed by atoms with Crippen LogP contribution in [0.4, 0.5) is 0 Å². The zero-order valence-corrected chi connectivity index (χ0v) is 9.87. The Hall–Kier alpha value is -1.45. The Labute approximate surface area is 89.4 Å². The van der Waals surface area contributed by atoms with Crippen molar-refractivity contribution in [3.63, 3.8) is 0 Å². The summed E-state index contributed by atoms with van der Waals surface area (Å²) in [6, 6.07) is 0. The maximum absolute atomic E-state index is 4.51. The average molecular weight is 204 g/mol. The zero-order valence-electron chi connectivity index (χ0n) is 9.87. The van der Waals surface area contributed by atoms with Crippen LogP contribution >= 0.6 is 0 Å². The minimum Gasteiger partial charge on any atom is -0.253 e. The topological polar surface area (TPSA) is 43.1 Å². The van der Waals surface area contributed by atoms with Crippen LogP contribution < -0.4 is 0 Å². The number of hydrogen-bond acceptors (Lipinski definition) is 3. The molecule has 0 atom stereocenters. The SMILES string of the molecule is Cc1cn2nc(C(C)(C)C)nc2c(C)n1. The summed E-state index contributed by atoms with van der Waals surface area (Å²) < 4.78 is 1.82. The van der Waals surface area contributed by atoms with E-state index in [9.17, 15) is 0 Å². The van der Waals surface area contributed by atoms with Crippen LogP contribution in [0, 0.1) is 13.8 Å². The van der Waals surface area contributed by atoms with E-state index in [1.807, 2.05) is 24.6 Å². The second-order valence-corrected chi connectivity index (χ2v) is 4.92. The van der Waals surface area contributed by atoms with E-state index in [4.69, 9.17) is 0 Å². The fourth-order valence-electron chi connectivity index (χ4n) is 1.50. The summed E-state index contributed by atoms with van der Waals surface area (Å²) in [5.74, 6) is 0.859. The van der Waals surface area contributed by atoms with E-state index in [2.05, 4.69) is 35.8 Å². The molecule has 2 heterocycles. The number of aryl methyl sites for hydroxylation is 2. The molecule has 2 aromatic rings. The first-order valence-corrected chi connectivity index (χ1v) is 5.09. The van der Waals surface area contributed by atoms with Crippen molar-refractivity contribution in [1.82, 2.24) is 19.6 Å². The maximum atomic E-state index is 4.51. The third-order valence-corrected chi connectivity index (χ3v) is 2.28. The maximum Gasteiger partial charge on any atom is 0.176 e. The third-order valence-electron chi connectivity index (χ3n) is 2.28. The highest BCUT2D eigenvalue weighted by molar-refractivity contribution is 5.43. The first kappa shape index (κ1) is 10.1. The lowest BCUT2D eigenvalue weighted by molar-refractivity contribution is 0.545. The summed E-state index contributed by atoms with van der Waals surface area (Å²) >= 11 is 0. The molecule has 0 fully saturated rings. The first-order valence-electron chi connectivity index (χ1n) is 5.09. The fourth-order valence-corrected chi connectivity index (χ4v) is 1.50. The van der Waals surface area contributed by atoms with Crippen LogP contribution in [-0.4, -0.2) is 19.6 Å². The molecule has 2 rings (SSSR count). The molecule has 0 aromatic carbocycles. The van der Waals surface area contributed by atoms with Gasteiger partial charge in [-0.25, -0.2) is 9.50 Å². The zero-order chi connectivity index (χ0) is 11.2. The van der Waals surface area contributed by atoms with Crippen molar-refractivity contribution in [3.05, 3.63) is 23.4 Å². The molecule has 0 unspecified atom stereocenters. The Morgan fingerprint density at radius 2 is 1.80 bits per heavy atom. The molecule has 0 aliphatic carbocycles. The number of fused-ring (bicyclic) bond motifs is 1. The van der Waals surface area contributed by atoms with Crippen molar-refractivity contribution in [2.24, 2.45) is 0 Å². The summed E-state index contributed by atoms with van der Waals surface area (Å²) in [6.07, 6.45) is 1.91. The van der Waals surface area contributed by atoms with Gasteiger partial charge < -0.3 is 0 Å². The second kappa shape index (κ2) is 3.02. The Kier molecular flexibility index (Phi) is 2.03. The van der Waals surface area contributed by atoms with Crippen molar-refractivity contribution in [2.75, 3.05) is 0 Å². The Morgan fingerprint density at radius 1 is 1.13 bits per heavy atom. The van der Waals surface area contributed by atoms with Gasteiger partial charge in [0.05, 0.1) is 17.6 Å². The lowest BCUT2D eigenvalue weighted by Crippen LogP contribution is -2.13. The normalized spacial score (nSPS) is 12.3. The average Bonchev–Trinajstić information content (AvgIpc) is 2.46. The monoisotopic (exact) mass is 204 g/mol. The van der Waals surface area contributed by atoms with E-state index >= 15 is 0 Å². The molecule has 0 aliphatic rings. The second-order valence-electron chi connectivity index (χ2n) is 4.92. The third kappa shape index (κ3) is 1.71. The number of rotatable bonds is 0. The number of hydrogen-bond donors (Lipinski definition) is 0. The van der Waals surface area contributed by atoms with Gasteiger partial charge in [0, 0.05) is 5.41 Å². The van der Waals surface area contributed by atoms with E-state index in [0.29, 0.717) is 0 Å². The molecular formula is C11H16N4. The van der Waals surface area contributed by atoms with Crippen LogP contribution in [0.5, 0.6) is 0 Å². The molecule has 0 N–H and O–H groups in total. The van der Waals surface area contributed by atoms with E-state index < -0.39 is 0 Å². The molecular weight excluding hydrogens is 188 g/mol. The highest BCUT2D eigenvalue weighted by Crippen LogP contribution is 2.19. The van der Waals surface area contributed by atoms with Gasteiger partial charge in [0.2, 0.25) is 0 Å². The molecule has 0 radical (unpaired) electrons. The van der Waals surface area contributed by atoms with Gasteiger partial charge in [0.1, 0.15) is 0 Å². The molecule has 80 valence electrons. The van der Waals surface area contributed by atoms with Gasteiger partial charge in [-0.2, -0.15) is 5.10 Å². The minimum atomic E-state index is -0.0215. The van der Waals surface area contributed by atoms with Crippen LogP contribution in [0.2, 0.25) is 0 Å². The summed E-state index contributed by atoms with van der Waals surface area (Å²) in [4.78, 5) is 8.89. The molecule has 2 aromatic heterocycles. The van der Waals surface area contributed by atoms with Crippen LogP contribution in [0.3, 0.4) is 0 Å². The van der Waals surface area contributed by atoms with E-state index in [1.165, 1.54) is 0 Å². The molecule has 0 amide bonds. The molecule has 4 nitrogen and oxygen atoms in total. The number of nitrogens with zero attached hydrogens (tertiary/aromatic N) is 4. The molecule has 15 heavy (non-hydrogen) atoms. The highest BCUT2D eigenvalue weighted by atomic mass is 15.3. The summed E-state index contributed by atoms with van der Waals surface area (Å²) in [5.41, 5.74) is 2.72. The predicted octanol–water partition coefficient (Wildman–Crippen LogP) is 2.04. The van der Waals surface area contributed by atoms with E-state index in [1.54, 1.807) is 0 Å². The lowest BCUT2D eigenvalue weighted by Gasteiger charge is -2.11. The Morgan fingerprint density at radius 3 is 2.40 bits per heavy atom. The van der Waals surface area contributed by atoms with Gasteiger partial charge in [0.25, 0.3) is 0 Å². The Bertz CT molecular complexity index is 505. The number of aromatic nitrogens is 4. The first-order chi connectivity index (χ1) is 6.88. The fraction of sp³-hybridized carbons (Fsp3) is 0.545. The minimum absolute atomic E-state index is 0.0215. The van der Waals surface area contributed by atoms with Gasteiger partial charge in [0.15, 0.2) is 11.5 Å². The standard InChI is InChI=1S/C11H16N4/c1-7-6-15-9(8(2)12-7)13-10(14-15)11(3,4)5/h6H,1-5H3. The summed E-state index contributed by atoms with van der Waals surface area (Å²) in [6.45, 7) is 10.3. The largest absolute Gasteiger partial charge is 0.253 e. The van der Waals surface area contributed by atoms with Crippen LogP contribution in [0.15, 0.2) is 6.20 Å². The molecule has 4 heteroatoms. The summed E-state index contributed by atoms with van der Waals surface area (Å²) in [7, 11) is 0. The van der Waals surface area contributed by atoms with Crippen molar-refractivity contribution in [2.45, 2.75) is 40.0 Å². The van der Waals surface area contributed by atoms with Gasteiger partial charge in [-0.05, 0) is 13.8 Å². The summed E-state index contributed by atoms with van der Waals surface area (Å²) in [5, 5.41) is 4.47. The van der Waals surface area contributed by atoms with Crippen molar-refractivity contribution in [1.29, 1.82) is 0 Å². The quantitative estimate of drug-likeness (QED) is 0.659. The van der Waals surface area contributed by atoms with E-state index in [0.717, 1.165) is 22.9 Å². The van der Waals surface area contributed by atoms with Crippen LogP contribution in [0.1, 0.15) is 38.0 Å². The predicted molar refractivity (Wildman–Crippen MR) is 59.0 cm³/mol. The van der Waals surface area contributed by atoms with Crippen LogP contribution in [0.25, 0.3) is 5.65 Å². The van der Waals surface area contributed by atoms with Gasteiger partial charge in [-0.15, -0.1) is 0 Å². The molecule has 0 saturated carbocycles. The molecule has 0 spiro atoms. The molecule has 0 bridgehead atoms. The van der Waals surface area contributed by atoms with Crippen LogP contribution in [-0.2, 0) is 5.41 Å². The Balaban J connectivity index is 2.71. The van der Waals surface area contributed by atoms with E-state index in [-0.39, 0.29) is 5.41 Å². The van der Waals surface area contributed by atoms with Gasteiger partial charge in [-0.1, -0.05) is 20.8 Å². The van der Waals surface area contributed by atoms with Gasteiger partial charge >= 0.3 is 0 Å². The van der Waals surface area contributed by atoms with Crippen molar-refractivity contribution in [3.8, 4) is 0 Å². The smallest absolute Gasteiger partial charge is 0.176 e. The van der Waals surface area contributed by atoms with Crippen molar-refractivity contribution < 1.29 is 0 Å². The van der Waals surface area contributed by atoms with Gasteiger partial charge in [-0.3, -0.25) is 4.98 Å². The van der Waals surface area contributed by atoms with Crippen molar-refractivity contribution >= 4 is 5.65 Å². The highest BCUT2D eigenvalue weighted by Gasteiger charge is 2.20. The lowest BCUT2D eigenvalue weighted by atomic mass is 9.96. The molecule has 0 saturated heterocycles.